The molecule has 0 unspecified atom stereocenters. The number of carbonyl (C=O) groups excluding carboxylic acids is 3. The van der Waals surface area contributed by atoms with Gasteiger partial charge in [-0.2, -0.15) is 0 Å². The first kappa shape index (κ1) is 33.6. The highest BCUT2D eigenvalue weighted by atomic mass is 16.2. The van der Waals surface area contributed by atoms with Crippen LogP contribution in [-0.2, 0) is 33.6 Å². The molecule has 7 nitrogen and oxygen atoms in total. The predicted octanol–water partition coefficient (Wildman–Crippen LogP) is 5.47. The standard InChI is InChI=1S/C40H46N4O3/c1-43(37(45)19-11-23-40(41)24-12-25-40)36(29-32-20-21-33-17-9-10-18-34(33)27-32)39(47)44(2)35(28-31-15-7-4-8-16-31)38(46)42-26-22-30-13-5-3-6-14-30/h3-11,13-21,27,35-36H,12,22-26,28-29,41H2,1-2H3,(H,42,46)/b19-11+/t35-,36-/m1/s1. The number of amides is 3. The largest absolute Gasteiger partial charge is 0.354 e. The van der Waals surface area contributed by atoms with Crippen LogP contribution in [0.4, 0.5) is 0 Å². The van der Waals surface area contributed by atoms with E-state index in [-0.39, 0.29) is 23.3 Å². The molecule has 2 atom stereocenters. The lowest BCUT2D eigenvalue weighted by Gasteiger charge is -2.37. The van der Waals surface area contributed by atoms with Gasteiger partial charge in [0.05, 0.1) is 0 Å². The molecular formula is C40H46N4O3. The number of nitrogens with two attached hydrogens (primary N) is 1. The van der Waals surface area contributed by atoms with E-state index in [0.717, 1.165) is 46.7 Å². The Morgan fingerprint density at radius 2 is 1.38 bits per heavy atom. The summed E-state index contributed by atoms with van der Waals surface area (Å²) >= 11 is 0. The van der Waals surface area contributed by atoms with Crippen molar-refractivity contribution in [3.8, 4) is 0 Å². The lowest BCUT2D eigenvalue weighted by Crippen LogP contribution is -2.56. The van der Waals surface area contributed by atoms with E-state index >= 15 is 0 Å². The Labute approximate surface area is 278 Å². The second-order valence-corrected chi connectivity index (χ2v) is 12.9. The highest BCUT2D eigenvalue weighted by Gasteiger charge is 2.35. The Bertz CT molecular complexity index is 1680. The van der Waals surface area contributed by atoms with Gasteiger partial charge in [-0.3, -0.25) is 14.4 Å². The van der Waals surface area contributed by atoms with Crippen LogP contribution < -0.4 is 11.1 Å². The zero-order valence-electron chi connectivity index (χ0n) is 27.5. The molecule has 47 heavy (non-hydrogen) atoms. The third kappa shape index (κ3) is 8.95. The van der Waals surface area contributed by atoms with Crippen LogP contribution in [-0.4, -0.2) is 65.8 Å². The summed E-state index contributed by atoms with van der Waals surface area (Å²) in [5, 5.41) is 5.23. The molecule has 0 saturated heterocycles. The van der Waals surface area contributed by atoms with Gasteiger partial charge in [-0.15, -0.1) is 0 Å². The summed E-state index contributed by atoms with van der Waals surface area (Å²) in [6, 6.07) is 32.3. The van der Waals surface area contributed by atoms with E-state index in [2.05, 4.69) is 11.4 Å². The zero-order chi connectivity index (χ0) is 33.2. The molecule has 7 heteroatoms. The van der Waals surface area contributed by atoms with Gasteiger partial charge in [0.25, 0.3) is 0 Å². The molecular weight excluding hydrogens is 584 g/mol. The van der Waals surface area contributed by atoms with Gasteiger partial charge in [-0.25, -0.2) is 0 Å². The highest BCUT2D eigenvalue weighted by molar-refractivity contribution is 5.95. The normalized spacial score (nSPS) is 15.0. The van der Waals surface area contributed by atoms with E-state index in [1.807, 2.05) is 103 Å². The molecule has 5 rings (SSSR count). The van der Waals surface area contributed by atoms with E-state index in [1.165, 1.54) is 15.9 Å². The number of rotatable bonds is 14. The smallest absolute Gasteiger partial charge is 0.246 e. The van der Waals surface area contributed by atoms with Crippen molar-refractivity contribution in [3.63, 3.8) is 0 Å². The quantitative estimate of drug-likeness (QED) is 0.181. The Morgan fingerprint density at radius 3 is 2.04 bits per heavy atom. The topological polar surface area (TPSA) is 95.7 Å². The molecule has 0 spiro atoms. The molecule has 4 aromatic carbocycles. The molecule has 1 aliphatic carbocycles. The van der Waals surface area contributed by atoms with Crippen LogP contribution in [0.25, 0.3) is 10.8 Å². The maximum absolute atomic E-state index is 14.5. The van der Waals surface area contributed by atoms with Gasteiger partial charge < -0.3 is 20.9 Å². The van der Waals surface area contributed by atoms with Crippen LogP contribution in [0.3, 0.4) is 0 Å². The molecule has 0 radical (unpaired) electrons. The van der Waals surface area contributed by atoms with E-state index in [0.29, 0.717) is 32.2 Å². The molecule has 1 saturated carbocycles. The second kappa shape index (κ2) is 15.7. The average molecular weight is 631 g/mol. The Kier molecular flexibility index (Phi) is 11.2. The fraction of sp³-hybridized carbons (Fsp3) is 0.325. The number of hydrogen-bond donors (Lipinski definition) is 2. The lowest BCUT2D eigenvalue weighted by molar-refractivity contribution is -0.146. The number of likely N-dealkylation sites (N-methyl/N-ethyl adjacent to an activating group) is 2. The number of nitrogens with zero attached hydrogens (tertiary/aromatic N) is 2. The van der Waals surface area contributed by atoms with Crippen molar-refractivity contribution in [2.45, 2.75) is 62.6 Å². The second-order valence-electron chi connectivity index (χ2n) is 12.9. The van der Waals surface area contributed by atoms with E-state index in [9.17, 15) is 14.4 Å². The summed E-state index contributed by atoms with van der Waals surface area (Å²) < 4.78 is 0. The van der Waals surface area contributed by atoms with Crippen LogP contribution in [0.1, 0.15) is 42.4 Å². The summed E-state index contributed by atoms with van der Waals surface area (Å²) in [6.07, 6.45) is 8.33. The number of nitrogens with one attached hydrogen (secondary N) is 1. The lowest BCUT2D eigenvalue weighted by atomic mass is 9.75. The van der Waals surface area contributed by atoms with E-state index in [1.54, 1.807) is 14.1 Å². The van der Waals surface area contributed by atoms with Gasteiger partial charge in [0.15, 0.2) is 0 Å². The summed E-state index contributed by atoms with van der Waals surface area (Å²) in [5.74, 6) is -0.795. The number of carbonyl (C=O) groups is 3. The average Bonchev–Trinajstić information content (AvgIpc) is 3.08. The highest BCUT2D eigenvalue weighted by Crippen LogP contribution is 2.32. The molecule has 1 fully saturated rings. The summed E-state index contributed by atoms with van der Waals surface area (Å²) in [4.78, 5) is 44.8. The molecule has 1 aliphatic rings. The number of hydrogen-bond acceptors (Lipinski definition) is 4. The van der Waals surface area contributed by atoms with Crippen LogP contribution in [0.2, 0.25) is 0 Å². The minimum absolute atomic E-state index is 0.229. The maximum Gasteiger partial charge on any atom is 0.246 e. The van der Waals surface area contributed by atoms with Crippen LogP contribution in [0.5, 0.6) is 0 Å². The minimum Gasteiger partial charge on any atom is -0.354 e. The Hall–Kier alpha value is -4.75. The van der Waals surface area contributed by atoms with Gasteiger partial charge in [0.2, 0.25) is 17.7 Å². The number of benzene rings is 4. The summed E-state index contributed by atoms with van der Waals surface area (Å²) in [5.41, 5.74) is 9.14. The van der Waals surface area contributed by atoms with Crippen LogP contribution in [0.15, 0.2) is 115 Å². The van der Waals surface area contributed by atoms with Crippen LogP contribution in [0, 0.1) is 0 Å². The first-order valence-electron chi connectivity index (χ1n) is 16.5. The molecule has 244 valence electrons. The fourth-order valence-corrected chi connectivity index (χ4v) is 6.20. The molecule has 3 N–H and O–H groups in total. The van der Waals surface area contributed by atoms with Crippen molar-refractivity contribution in [2.24, 2.45) is 5.73 Å². The third-order valence-corrected chi connectivity index (χ3v) is 9.42. The maximum atomic E-state index is 14.5. The molecule has 0 aromatic heterocycles. The summed E-state index contributed by atoms with van der Waals surface area (Å²) in [6.45, 7) is 0.447. The first-order chi connectivity index (χ1) is 22.7. The van der Waals surface area contributed by atoms with Crippen molar-refractivity contribution in [3.05, 3.63) is 132 Å². The van der Waals surface area contributed by atoms with Gasteiger partial charge in [0, 0.05) is 39.0 Å². The van der Waals surface area contributed by atoms with Crippen molar-refractivity contribution in [1.29, 1.82) is 0 Å². The third-order valence-electron chi connectivity index (χ3n) is 9.42. The van der Waals surface area contributed by atoms with Gasteiger partial charge in [-0.05, 0) is 65.6 Å². The molecule has 4 aromatic rings. The van der Waals surface area contributed by atoms with Gasteiger partial charge in [-0.1, -0.05) is 109 Å². The Balaban J connectivity index is 1.38. The Morgan fingerprint density at radius 1 is 0.766 bits per heavy atom. The van der Waals surface area contributed by atoms with Crippen LogP contribution >= 0.6 is 0 Å². The van der Waals surface area contributed by atoms with E-state index < -0.39 is 12.1 Å². The summed E-state index contributed by atoms with van der Waals surface area (Å²) in [7, 11) is 3.33. The van der Waals surface area contributed by atoms with Crippen molar-refractivity contribution >= 4 is 28.5 Å². The molecule has 0 aliphatic heterocycles. The van der Waals surface area contributed by atoms with Gasteiger partial charge >= 0.3 is 0 Å². The zero-order valence-corrected chi connectivity index (χ0v) is 27.5. The molecule has 0 bridgehead atoms. The monoisotopic (exact) mass is 630 g/mol. The van der Waals surface area contributed by atoms with Crippen molar-refractivity contribution < 1.29 is 14.4 Å². The molecule has 0 heterocycles. The fourth-order valence-electron chi connectivity index (χ4n) is 6.20. The van der Waals surface area contributed by atoms with E-state index in [4.69, 9.17) is 5.73 Å². The first-order valence-corrected chi connectivity index (χ1v) is 16.5. The SMILES string of the molecule is CN(C(=O)/C=C/CC1(N)CCC1)[C@H](Cc1ccc2ccccc2c1)C(=O)N(C)[C@H](Cc1ccccc1)C(=O)NCCc1ccccc1. The minimum atomic E-state index is -0.829. The predicted molar refractivity (Wildman–Crippen MR) is 189 cm³/mol. The van der Waals surface area contributed by atoms with Crippen molar-refractivity contribution in [1.82, 2.24) is 15.1 Å². The molecule has 3 amide bonds. The van der Waals surface area contributed by atoms with Gasteiger partial charge in [0.1, 0.15) is 12.1 Å². The van der Waals surface area contributed by atoms with Crippen molar-refractivity contribution in [2.75, 3.05) is 20.6 Å². The number of fused-ring (bicyclic) bond motifs is 1.